The molecule has 0 unspecified atom stereocenters. The summed E-state index contributed by atoms with van der Waals surface area (Å²) in [5.41, 5.74) is 17.8. The van der Waals surface area contributed by atoms with E-state index < -0.39 is 0 Å². The van der Waals surface area contributed by atoms with Gasteiger partial charge >= 0.3 is 0 Å². The Morgan fingerprint density at radius 3 is 1.26 bits per heavy atom. The number of fused-ring (bicyclic) bond motifs is 6. The molecule has 50 heavy (non-hydrogen) atoms. The van der Waals surface area contributed by atoms with E-state index in [9.17, 15) is 0 Å². The molecule has 234 valence electrons. The first-order valence-corrected chi connectivity index (χ1v) is 17.4. The Labute approximate surface area is 292 Å². The summed E-state index contributed by atoms with van der Waals surface area (Å²) in [4.78, 5) is 0. The van der Waals surface area contributed by atoms with E-state index in [4.69, 9.17) is 0 Å². The van der Waals surface area contributed by atoms with Crippen molar-refractivity contribution in [1.29, 1.82) is 0 Å². The average molecular weight is 636 g/mol. The minimum absolute atomic E-state index is 0.265. The molecule has 10 rings (SSSR count). The summed E-state index contributed by atoms with van der Waals surface area (Å²) in [7, 11) is 0. The highest BCUT2D eigenvalue weighted by molar-refractivity contribution is 6.09. The number of para-hydroxylation sites is 2. The molecule has 8 aromatic carbocycles. The van der Waals surface area contributed by atoms with Crippen LogP contribution in [0, 0.1) is 0 Å². The molecule has 0 fully saturated rings. The van der Waals surface area contributed by atoms with Crippen LogP contribution >= 0.6 is 0 Å². The maximum Gasteiger partial charge on any atom is 0.0541 e. The molecule has 9 aromatic rings. The van der Waals surface area contributed by atoms with Crippen LogP contribution < -0.4 is 0 Å². The molecule has 0 saturated heterocycles. The number of hydrogen-bond acceptors (Lipinski definition) is 0. The second-order valence-electron chi connectivity index (χ2n) is 13.3. The molecular formula is C49H33N. The predicted molar refractivity (Wildman–Crippen MR) is 210 cm³/mol. The third-order valence-corrected chi connectivity index (χ3v) is 10.5. The van der Waals surface area contributed by atoms with Crippen LogP contribution in [0.3, 0.4) is 0 Å². The van der Waals surface area contributed by atoms with Crippen LogP contribution in [0.5, 0.6) is 0 Å². The van der Waals surface area contributed by atoms with Crippen LogP contribution in [-0.2, 0) is 0 Å². The summed E-state index contributed by atoms with van der Waals surface area (Å²) in [5, 5.41) is 2.56. The monoisotopic (exact) mass is 635 g/mol. The fourth-order valence-corrected chi connectivity index (χ4v) is 8.14. The zero-order valence-corrected chi connectivity index (χ0v) is 27.5. The lowest BCUT2D eigenvalue weighted by Gasteiger charge is -2.15. The van der Waals surface area contributed by atoms with Crippen LogP contribution in [0.2, 0.25) is 0 Å². The molecule has 1 nitrogen and oxygen atoms in total. The Kier molecular flexibility index (Phi) is 6.63. The van der Waals surface area contributed by atoms with Gasteiger partial charge in [0.05, 0.1) is 11.0 Å². The van der Waals surface area contributed by atoms with Gasteiger partial charge in [-0.1, -0.05) is 158 Å². The predicted octanol–water partition coefficient (Wildman–Crippen LogP) is 12.9. The number of rotatable bonds is 5. The number of hydrogen-bond donors (Lipinski definition) is 0. The Bertz CT molecular complexity index is 2590. The average Bonchev–Trinajstić information content (AvgIpc) is 3.71. The number of benzene rings is 8. The third kappa shape index (κ3) is 4.63. The van der Waals surface area contributed by atoms with Gasteiger partial charge in [0.2, 0.25) is 0 Å². The molecule has 0 amide bonds. The van der Waals surface area contributed by atoms with E-state index in [1.165, 1.54) is 88.7 Å². The number of aromatic nitrogens is 1. The van der Waals surface area contributed by atoms with E-state index >= 15 is 0 Å². The summed E-state index contributed by atoms with van der Waals surface area (Å²) in [6.07, 6.45) is 0. The fraction of sp³-hybridized carbons (Fsp3) is 0.0204. The van der Waals surface area contributed by atoms with Crippen molar-refractivity contribution in [3.8, 4) is 50.2 Å². The van der Waals surface area contributed by atoms with Crippen LogP contribution in [-0.4, -0.2) is 4.57 Å². The molecule has 1 heteroatoms. The van der Waals surface area contributed by atoms with Crippen molar-refractivity contribution >= 4 is 21.8 Å². The van der Waals surface area contributed by atoms with E-state index in [0.29, 0.717) is 0 Å². The zero-order chi connectivity index (χ0) is 33.0. The summed E-state index contributed by atoms with van der Waals surface area (Å²) in [6.45, 7) is 0. The van der Waals surface area contributed by atoms with Gasteiger partial charge in [0, 0.05) is 22.4 Å². The van der Waals surface area contributed by atoms with E-state index in [2.05, 4.69) is 199 Å². The molecule has 1 heterocycles. The third-order valence-electron chi connectivity index (χ3n) is 10.5. The first-order chi connectivity index (χ1) is 24.8. The van der Waals surface area contributed by atoms with E-state index in [0.717, 1.165) is 0 Å². The molecule has 1 aliphatic rings. The minimum atomic E-state index is 0.265. The standard InChI is InChI=1S/C49H33N/c1-3-19-45-41(15-1)42-16-2-4-20-46(42)49(45)35-25-23-33(24-26-35)36-11-9-13-38(31-36)39-14-10-12-37(32-39)34-27-29-40(30-28-34)50-47-21-7-5-17-43(47)44-18-6-8-22-48(44)50/h1-32,49H. The lowest BCUT2D eigenvalue weighted by atomic mass is 9.88. The zero-order valence-electron chi connectivity index (χ0n) is 27.5. The molecule has 0 bridgehead atoms. The maximum atomic E-state index is 2.37. The van der Waals surface area contributed by atoms with E-state index in [1.807, 2.05) is 0 Å². The van der Waals surface area contributed by atoms with Gasteiger partial charge in [0.1, 0.15) is 0 Å². The van der Waals surface area contributed by atoms with Gasteiger partial charge in [0.25, 0.3) is 0 Å². The van der Waals surface area contributed by atoms with Gasteiger partial charge < -0.3 is 4.57 Å². The Morgan fingerprint density at radius 2 is 0.740 bits per heavy atom. The van der Waals surface area contributed by atoms with Crippen molar-refractivity contribution in [2.24, 2.45) is 0 Å². The minimum Gasteiger partial charge on any atom is -0.309 e. The highest BCUT2D eigenvalue weighted by Crippen LogP contribution is 2.48. The summed E-state index contributed by atoms with van der Waals surface area (Å²) < 4.78 is 2.37. The van der Waals surface area contributed by atoms with Crippen LogP contribution in [0.25, 0.3) is 72.0 Å². The van der Waals surface area contributed by atoms with Crippen molar-refractivity contribution in [2.45, 2.75) is 5.92 Å². The second-order valence-corrected chi connectivity index (χ2v) is 13.3. The normalized spacial score (nSPS) is 12.3. The molecular weight excluding hydrogens is 603 g/mol. The second kappa shape index (κ2) is 11.6. The largest absolute Gasteiger partial charge is 0.309 e. The van der Waals surface area contributed by atoms with Gasteiger partial charge in [-0.3, -0.25) is 0 Å². The molecule has 0 saturated carbocycles. The van der Waals surface area contributed by atoms with Gasteiger partial charge in [-0.05, 0) is 97.6 Å². The Balaban J connectivity index is 0.944. The summed E-state index contributed by atoms with van der Waals surface area (Å²) >= 11 is 0. The lowest BCUT2D eigenvalue weighted by molar-refractivity contribution is 1.02. The molecule has 0 aliphatic heterocycles. The fourth-order valence-electron chi connectivity index (χ4n) is 8.14. The quantitative estimate of drug-likeness (QED) is 0.177. The van der Waals surface area contributed by atoms with Crippen molar-refractivity contribution < 1.29 is 0 Å². The summed E-state index contributed by atoms with van der Waals surface area (Å²) in [6, 6.07) is 71.0. The highest BCUT2D eigenvalue weighted by atomic mass is 15.0. The first-order valence-electron chi connectivity index (χ1n) is 17.4. The van der Waals surface area contributed by atoms with Gasteiger partial charge in [-0.25, -0.2) is 0 Å². The molecule has 0 N–H and O–H groups in total. The van der Waals surface area contributed by atoms with Gasteiger partial charge in [-0.15, -0.1) is 0 Å². The molecule has 1 aromatic heterocycles. The Morgan fingerprint density at radius 1 is 0.320 bits per heavy atom. The van der Waals surface area contributed by atoms with Crippen LogP contribution in [0.4, 0.5) is 0 Å². The van der Waals surface area contributed by atoms with Crippen molar-refractivity contribution in [3.63, 3.8) is 0 Å². The molecule has 1 aliphatic carbocycles. The van der Waals surface area contributed by atoms with E-state index in [-0.39, 0.29) is 5.92 Å². The molecule has 0 atom stereocenters. The first kappa shape index (κ1) is 28.6. The van der Waals surface area contributed by atoms with Crippen molar-refractivity contribution in [3.05, 3.63) is 211 Å². The molecule has 0 spiro atoms. The topological polar surface area (TPSA) is 4.93 Å². The lowest BCUT2D eigenvalue weighted by Crippen LogP contribution is -1.98. The highest BCUT2D eigenvalue weighted by Gasteiger charge is 2.29. The van der Waals surface area contributed by atoms with Crippen LogP contribution in [0.15, 0.2) is 194 Å². The smallest absolute Gasteiger partial charge is 0.0541 e. The molecule has 0 radical (unpaired) electrons. The Hall–Kier alpha value is -6.44. The van der Waals surface area contributed by atoms with E-state index in [1.54, 1.807) is 0 Å². The van der Waals surface area contributed by atoms with Crippen molar-refractivity contribution in [2.75, 3.05) is 0 Å². The number of nitrogens with zero attached hydrogens (tertiary/aromatic N) is 1. The van der Waals surface area contributed by atoms with Gasteiger partial charge in [-0.2, -0.15) is 0 Å². The SMILES string of the molecule is c1cc(-c2ccc(C3c4ccccc4-c4ccccc43)cc2)cc(-c2cccc(-c3ccc(-n4c5ccccc5c5ccccc54)cc3)c2)c1. The van der Waals surface area contributed by atoms with Crippen molar-refractivity contribution in [1.82, 2.24) is 4.57 Å². The summed E-state index contributed by atoms with van der Waals surface area (Å²) in [5.74, 6) is 0.265. The maximum absolute atomic E-state index is 2.37. The van der Waals surface area contributed by atoms with Crippen LogP contribution in [0.1, 0.15) is 22.6 Å². The van der Waals surface area contributed by atoms with Gasteiger partial charge in [0.15, 0.2) is 0 Å².